The van der Waals surface area contributed by atoms with Gasteiger partial charge in [0.2, 0.25) is 5.88 Å². The highest BCUT2D eigenvalue weighted by Crippen LogP contribution is 2.24. The van der Waals surface area contributed by atoms with Crippen molar-refractivity contribution in [2.24, 2.45) is 0 Å². The van der Waals surface area contributed by atoms with E-state index < -0.39 is 0 Å². The highest BCUT2D eigenvalue weighted by atomic mass is 127. The van der Waals surface area contributed by atoms with E-state index in [-0.39, 0.29) is 5.54 Å². The van der Waals surface area contributed by atoms with Crippen molar-refractivity contribution in [2.45, 2.75) is 26.3 Å². The molecule has 0 aliphatic carbocycles. The number of anilines is 1. The van der Waals surface area contributed by atoms with Crippen molar-refractivity contribution < 1.29 is 4.74 Å². The van der Waals surface area contributed by atoms with Gasteiger partial charge in [0, 0.05) is 17.8 Å². The van der Waals surface area contributed by atoms with Crippen molar-refractivity contribution in [1.29, 1.82) is 0 Å². The fraction of sp³-hybridized carbons (Fsp3) is 0.500. The van der Waals surface area contributed by atoms with Crippen LogP contribution in [0, 0.1) is 3.57 Å². The zero-order chi connectivity index (χ0) is 10.8. The molecule has 0 unspecified atom stereocenters. The fourth-order valence-electron chi connectivity index (χ4n) is 1.03. The van der Waals surface area contributed by atoms with Crippen molar-refractivity contribution in [3.8, 4) is 5.88 Å². The van der Waals surface area contributed by atoms with Gasteiger partial charge >= 0.3 is 0 Å². The molecule has 0 amide bonds. The first-order chi connectivity index (χ1) is 6.42. The maximum absolute atomic E-state index is 5.07. The van der Waals surface area contributed by atoms with Crippen molar-refractivity contribution in [2.75, 3.05) is 12.4 Å². The maximum atomic E-state index is 5.07. The van der Waals surface area contributed by atoms with Crippen LogP contribution in [0.3, 0.4) is 0 Å². The summed E-state index contributed by atoms with van der Waals surface area (Å²) in [6.07, 6.45) is 1.80. The van der Waals surface area contributed by atoms with E-state index in [4.69, 9.17) is 4.74 Å². The van der Waals surface area contributed by atoms with Gasteiger partial charge in [0.15, 0.2) is 0 Å². The first kappa shape index (κ1) is 11.6. The third-order valence-corrected chi connectivity index (χ3v) is 2.41. The quantitative estimate of drug-likeness (QED) is 0.853. The molecule has 14 heavy (non-hydrogen) atoms. The minimum absolute atomic E-state index is 0.0479. The average Bonchev–Trinajstić information content (AvgIpc) is 2.06. The number of nitrogens with one attached hydrogen (secondary N) is 1. The van der Waals surface area contributed by atoms with E-state index in [1.54, 1.807) is 13.3 Å². The van der Waals surface area contributed by atoms with Gasteiger partial charge in [0.1, 0.15) is 0 Å². The molecule has 0 saturated carbocycles. The highest BCUT2D eigenvalue weighted by molar-refractivity contribution is 14.1. The Bertz CT molecular complexity index is 320. The lowest BCUT2D eigenvalue weighted by Crippen LogP contribution is -2.26. The van der Waals surface area contributed by atoms with E-state index >= 15 is 0 Å². The Kier molecular flexibility index (Phi) is 3.58. The summed E-state index contributed by atoms with van der Waals surface area (Å²) >= 11 is 2.25. The van der Waals surface area contributed by atoms with Crippen molar-refractivity contribution in [3.63, 3.8) is 0 Å². The number of halogens is 1. The number of hydrogen-bond donors (Lipinski definition) is 1. The van der Waals surface area contributed by atoms with Crippen molar-refractivity contribution in [3.05, 3.63) is 15.8 Å². The molecule has 1 aromatic heterocycles. The van der Waals surface area contributed by atoms with Crippen LogP contribution in [0.2, 0.25) is 0 Å². The van der Waals surface area contributed by atoms with E-state index in [1.165, 1.54) is 0 Å². The third-order valence-electron chi connectivity index (χ3n) is 1.55. The molecule has 0 saturated heterocycles. The van der Waals surface area contributed by atoms with Crippen LogP contribution in [0.1, 0.15) is 20.8 Å². The Morgan fingerprint density at radius 2 is 2.07 bits per heavy atom. The van der Waals surface area contributed by atoms with Crippen LogP contribution in [-0.2, 0) is 0 Å². The Hall–Kier alpha value is -0.520. The van der Waals surface area contributed by atoms with E-state index in [2.05, 4.69) is 53.7 Å². The van der Waals surface area contributed by atoms with E-state index in [0.29, 0.717) is 5.88 Å². The molecule has 1 N–H and O–H groups in total. The van der Waals surface area contributed by atoms with Crippen LogP contribution in [0.25, 0.3) is 0 Å². The summed E-state index contributed by atoms with van der Waals surface area (Å²) in [5.41, 5.74) is 1.11. The van der Waals surface area contributed by atoms with Crippen molar-refractivity contribution in [1.82, 2.24) is 4.98 Å². The molecule has 0 bridgehead atoms. The first-order valence-electron chi connectivity index (χ1n) is 4.40. The summed E-state index contributed by atoms with van der Waals surface area (Å²) in [6, 6.07) is 1.91. The molecule has 4 heteroatoms. The fourth-order valence-corrected chi connectivity index (χ4v) is 1.46. The Morgan fingerprint density at radius 1 is 1.43 bits per heavy atom. The van der Waals surface area contributed by atoms with Crippen LogP contribution in [-0.4, -0.2) is 17.6 Å². The standard InChI is InChI=1S/C10H15IN2O/c1-10(2,3)13-8-5-9(14-4)12-6-7(8)11/h5-6H,1-4H3,(H,12,13). The molecule has 0 fully saturated rings. The molecule has 0 aromatic carbocycles. The number of pyridine rings is 1. The molecule has 1 heterocycles. The molecule has 1 aromatic rings. The number of hydrogen-bond acceptors (Lipinski definition) is 3. The molecule has 0 aliphatic heterocycles. The summed E-state index contributed by atoms with van der Waals surface area (Å²) in [4.78, 5) is 4.12. The molecular formula is C10H15IN2O. The van der Waals surface area contributed by atoms with E-state index in [0.717, 1.165) is 9.26 Å². The largest absolute Gasteiger partial charge is 0.481 e. The monoisotopic (exact) mass is 306 g/mol. The van der Waals surface area contributed by atoms with Gasteiger partial charge in [0.05, 0.1) is 16.4 Å². The van der Waals surface area contributed by atoms with Crippen LogP contribution in [0.15, 0.2) is 12.3 Å². The van der Waals surface area contributed by atoms with Gasteiger partial charge in [-0.05, 0) is 43.4 Å². The maximum Gasteiger partial charge on any atom is 0.215 e. The Balaban J connectivity index is 2.95. The summed E-state index contributed by atoms with van der Waals surface area (Å²) in [5, 5.41) is 3.40. The smallest absolute Gasteiger partial charge is 0.215 e. The van der Waals surface area contributed by atoms with Gasteiger partial charge in [0.25, 0.3) is 0 Å². The van der Waals surface area contributed by atoms with Crippen LogP contribution < -0.4 is 10.1 Å². The van der Waals surface area contributed by atoms with E-state index in [9.17, 15) is 0 Å². The third kappa shape index (κ3) is 3.32. The molecule has 0 radical (unpaired) electrons. The second-order valence-corrected chi connectivity index (χ2v) is 5.24. The minimum Gasteiger partial charge on any atom is -0.481 e. The summed E-state index contributed by atoms with van der Waals surface area (Å²) in [5.74, 6) is 0.636. The zero-order valence-electron chi connectivity index (χ0n) is 8.89. The number of rotatable bonds is 2. The second-order valence-electron chi connectivity index (χ2n) is 4.08. The summed E-state index contributed by atoms with van der Waals surface area (Å²) in [6.45, 7) is 6.36. The molecule has 0 aliphatic rings. The van der Waals surface area contributed by atoms with Gasteiger partial charge in [-0.25, -0.2) is 4.98 Å². The number of methoxy groups -OCH3 is 1. The van der Waals surface area contributed by atoms with Crippen LogP contribution in [0.5, 0.6) is 5.88 Å². The molecule has 1 rings (SSSR count). The van der Waals surface area contributed by atoms with Gasteiger partial charge in [-0.1, -0.05) is 0 Å². The summed E-state index contributed by atoms with van der Waals surface area (Å²) in [7, 11) is 1.62. The Labute approximate surface area is 98.4 Å². The average molecular weight is 306 g/mol. The second kappa shape index (κ2) is 4.33. The number of nitrogens with zero attached hydrogens (tertiary/aromatic N) is 1. The van der Waals surface area contributed by atoms with Gasteiger partial charge in [-0.15, -0.1) is 0 Å². The lowest BCUT2D eigenvalue weighted by Gasteiger charge is -2.23. The molecular weight excluding hydrogens is 291 g/mol. The normalized spacial score (nSPS) is 11.2. The van der Waals surface area contributed by atoms with Gasteiger partial charge in [-0.3, -0.25) is 0 Å². The first-order valence-corrected chi connectivity index (χ1v) is 5.48. The van der Waals surface area contributed by atoms with Gasteiger partial charge in [-0.2, -0.15) is 0 Å². The van der Waals surface area contributed by atoms with Gasteiger partial charge < -0.3 is 10.1 Å². The van der Waals surface area contributed by atoms with E-state index in [1.807, 2.05) is 6.07 Å². The predicted molar refractivity (Wildman–Crippen MR) is 66.9 cm³/mol. The summed E-state index contributed by atoms with van der Waals surface area (Å²) < 4.78 is 6.17. The SMILES string of the molecule is COc1cc(NC(C)(C)C)c(I)cn1. The lowest BCUT2D eigenvalue weighted by molar-refractivity contribution is 0.398. The van der Waals surface area contributed by atoms with Crippen LogP contribution in [0.4, 0.5) is 5.69 Å². The molecule has 3 nitrogen and oxygen atoms in total. The highest BCUT2D eigenvalue weighted by Gasteiger charge is 2.12. The van der Waals surface area contributed by atoms with Crippen LogP contribution >= 0.6 is 22.6 Å². The number of ether oxygens (including phenoxy) is 1. The van der Waals surface area contributed by atoms with Crippen molar-refractivity contribution >= 4 is 28.3 Å². The topological polar surface area (TPSA) is 34.1 Å². The lowest BCUT2D eigenvalue weighted by atomic mass is 10.1. The molecule has 0 spiro atoms. The molecule has 0 atom stereocenters. The number of aromatic nitrogens is 1. The molecule has 78 valence electrons. The predicted octanol–water partition coefficient (Wildman–Crippen LogP) is 2.91. The minimum atomic E-state index is 0.0479. The zero-order valence-corrected chi connectivity index (χ0v) is 11.0. The Morgan fingerprint density at radius 3 is 2.57 bits per heavy atom.